The van der Waals surface area contributed by atoms with Crippen molar-refractivity contribution in [2.75, 3.05) is 11.1 Å². The van der Waals surface area contributed by atoms with Crippen LogP contribution in [0.4, 0.5) is 16.3 Å². The highest BCUT2D eigenvalue weighted by molar-refractivity contribution is 6.01. The molecule has 2 amide bonds. The van der Waals surface area contributed by atoms with Gasteiger partial charge in [-0.25, -0.2) is 9.78 Å². The lowest BCUT2D eigenvalue weighted by Crippen LogP contribution is -2.31. The summed E-state index contributed by atoms with van der Waals surface area (Å²) in [5.74, 6) is 0.455. The fourth-order valence-electron chi connectivity index (χ4n) is 2.71. The van der Waals surface area contributed by atoms with E-state index in [9.17, 15) is 4.79 Å². The van der Waals surface area contributed by atoms with Gasteiger partial charge in [-0.15, -0.1) is 0 Å². The molecule has 8 nitrogen and oxygen atoms in total. The molecule has 0 aliphatic rings. The van der Waals surface area contributed by atoms with Gasteiger partial charge in [0.15, 0.2) is 0 Å². The van der Waals surface area contributed by atoms with E-state index in [1.54, 1.807) is 12.4 Å². The smallest absolute Gasteiger partial charge is 0.320 e. The van der Waals surface area contributed by atoms with E-state index in [4.69, 9.17) is 11.1 Å². The molecule has 1 atom stereocenters. The Balaban J connectivity index is 1.57. The molecule has 0 bridgehead atoms. The van der Waals surface area contributed by atoms with E-state index in [0.717, 1.165) is 11.1 Å². The second-order valence-corrected chi connectivity index (χ2v) is 6.48. The summed E-state index contributed by atoms with van der Waals surface area (Å²) >= 11 is 0. The average Bonchev–Trinajstić information content (AvgIpc) is 2.73. The van der Waals surface area contributed by atoms with Gasteiger partial charge in [0.2, 0.25) is 0 Å². The number of nitrogen functional groups attached to an aromatic ring is 1. The van der Waals surface area contributed by atoms with Gasteiger partial charge in [0.05, 0.1) is 11.6 Å². The Labute approximate surface area is 169 Å². The monoisotopic (exact) mass is 389 g/mol. The highest BCUT2D eigenvalue weighted by atomic mass is 16.2. The number of nitrogens with two attached hydrogens (primary N) is 1. The predicted molar refractivity (Wildman–Crippen MR) is 114 cm³/mol. The minimum Gasteiger partial charge on any atom is -0.398 e. The van der Waals surface area contributed by atoms with Crippen molar-refractivity contribution in [1.82, 2.24) is 20.6 Å². The molecule has 1 aromatic carbocycles. The average molecular weight is 389 g/mol. The van der Waals surface area contributed by atoms with E-state index in [1.165, 1.54) is 12.3 Å². The Morgan fingerprint density at radius 1 is 1.17 bits per heavy atom. The highest BCUT2D eigenvalue weighted by Crippen LogP contribution is 2.16. The summed E-state index contributed by atoms with van der Waals surface area (Å²) in [6.45, 7) is 2.35. The summed E-state index contributed by atoms with van der Waals surface area (Å²) < 4.78 is 0. The molecule has 0 radical (unpaired) electrons. The molecule has 148 valence electrons. The molecule has 0 aliphatic heterocycles. The van der Waals surface area contributed by atoms with E-state index in [0.29, 0.717) is 23.6 Å². The maximum Gasteiger partial charge on any atom is 0.320 e. The van der Waals surface area contributed by atoms with Crippen LogP contribution < -0.4 is 21.7 Å². The molecular weight excluding hydrogens is 366 g/mol. The van der Waals surface area contributed by atoms with Crippen molar-refractivity contribution >= 4 is 23.4 Å². The Kier molecular flexibility index (Phi) is 6.36. The zero-order chi connectivity index (χ0) is 20.6. The number of carbonyl (C=O) groups is 1. The van der Waals surface area contributed by atoms with Gasteiger partial charge in [-0.3, -0.25) is 15.7 Å². The van der Waals surface area contributed by atoms with Gasteiger partial charge in [0.1, 0.15) is 11.7 Å². The summed E-state index contributed by atoms with van der Waals surface area (Å²) in [6.07, 6.45) is 4.88. The number of amides is 2. The molecule has 0 saturated carbocycles. The van der Waals surface area contributed by atoms with Gasteiger partial charge in [0, 0.05) is 36.9 Å². The number of nitrogens with zero attached hydrogens (tertiary/aromatic N) is 2. The minimum absolute atomic E-state index is 0.146. The number of amidine groups is 1. The lowest BCUT2D eigenvalue weighted by Gasteiger charge is -2.15. The molecule has 2 heterocycles. The second-order valence-electron chi connectivity index (χ2n) is 6.48. The minimum atomic E-state index is -0.384. The zero-order valence-electron chi connectivity index (χ0n) is 16.0. The highest BCUT2D eigenvalue weighted by Gasteiger charge is 2.12. The number of aromatic nitrogens is 2. The summed E-state index contributed by atoms with van der Waals surface area (Å²) in [5, 5.41) is 16.7. The summed E-state index contributed by atoms with van der Waals surface area (Å²) in [5.41, 5.74) is 8.80. The van der Waals surface area contributed by atoms with E-state index >= 15 is 0 Å². The first-order valence-corrected chi connectivity index (χ1v) is 9.12. The van der Waals surface area contributed by atoms with Crippen LogP contribution in [0.25, 0.3) is 0 Å². The lowest BCUT2D eigenvalue weighted by atomic mass is 10.1. The Morgan fingerprint density at radius 3 is 2.66 bits per heavy atom. The van der Waals surface area contributed by atoms with Crippen molar-refractivity contribution in [3.05, 3.63) is 83.8 Å². The van der Waals surface area contributed by atoms with Crippen molar-refractivity contribution < 1.29 is 4.79 Å². The third kappa shape index (κ3) is 5.52. The predicted octanol–water partition coefficient (Wildman–Crippen LogP) is 3.06. The van der Waals surface area contributed by atoms with Crippen molar-refractivity contribution in [3.63, 3.8) is 0 Å². The maximum absolute atomic E-state index is 12.2. The van der Waals surface area contributed by atoms with Gasteiger partial charge in [-0.2, -0.15) is 0 Å². The maximum atomic E-state index is 12.2. The zero-order valence-corrected chi connectivity index (χ0v) is 16.0. The molecule has 1 unspecified atom stereocenters. The van der Waals surface area contributed by atoms with E-state index in [-0.39, 0.29) is 17.9 Å². The number of hydrogen-bond donors (Lipinski definition) is 5. The Hall–Kier alpha value is -3.94. The third-order valence-corrected chi connectivity index (χ3v) is 4.29. The number of nitrogens with one attached hydrogen (secondary N) is 4. The van der Waals surface area contributed by atoms with Crippen molar-refractivity contribution in [3.8, 4) is 0 Å². The standard InChI is InChI=1S/C21H23N7O/c1-14(16-7-3-2-4-8-16)27-21(29)28-19-10-18(22)17(13-25-19)20(23)26-12-15-6-5-9-24-11-15/h2-11,13-14H,12H2,1H3,(H2,23,26)(H4,22,25,27,28,29). The van der Waals surface area contributed by atoms with Crippen LogP contribution in [0, 0.1) is 5.41 Å². The van der Waals surface area contributed by atoms with Crippen molar-refractivity contribution in [2.45, 2.75) is 19.5 Å². The molecular formula is C21H23N7O. The Morgan fingerprint density at radius 2 is 1.97 bits per heavy atom. The Bertz CT molecular complexity index is 977. The number of benzene rings is 1. The van der Waals surface area contributed by atoms with Crippen LogP contribution in [0.2, 0.25) is 0 Å². The van der Waals surface area contributed by atoms with Crippen LogP contribution in [-0.4, -0.2) is 21.8 Å². The van der Waals surface area contributed by atoms with E-state index < -0.39 is 0 Å². The van der Waals surface area contributed by atoms with Crippen LogP contribution in [-0.2, 0) is 6.54 Å². The lowest BCUT2D eigenvalue weighted by molar-refractivity contribution is 0.249. The number of anilines is 2. The first kappa shape index (κ1) is 19.8. The van der Waals surface area contributed by atoms with Crippen LogP contribution in [0.15, 0.2) is 67.1 Å². The van der Waals surface area contributed by atoms with Crippen LogP contribution >= 0.6 is 0 Å². The van der Waals surface area contributed by atoms with Gasteiger partial charge in [-0.05, 0) is 24.1 Å². The molecule has 6 N–H and O–H groups in total. The fraction of sp³-hybridized carbons (Fsp3) is 0.143. The molecule has 2 aromatic heterocycles. The molecule has 0 spiro atoms. The van der Waals surface area contributed by atoms with Gasteiger partial charge in [0.25, 0.3) is 0 Å². The van der Waals surface area contributed by atoms with Crippen LogP contribution in [0.5, 0.6) is 0 Å². The topological polar surface area (TPSA) is 129 Å². The van der Waals surface area contributed by atoms with Crippen LogP contribution in [0.3, 0.4) is 0 Å². The number of urea groups is 1. The fourth-order valence-corrected chi connectivity index (χ4v) is 2.71. The van der Waals surface area contributed by atoms with E-state index in [2.05, 4.69) is 25.9 Å². The molecule has 0 aliphatic carbocycles. The number of carbonyl (C=O) groups excluding carboxylic acids is 1. The largest absolute Gasteiger partial charge is 0.398 e. The molecule has 0 fully saturated rings. The van der Waals surface area contributed by atoms with Gasteiger partial charge < -0.3 is 16.4 Å². The van der Waals surface area contributed by atoms with E-state index in [1.807, 2.05) is 49.4 Å². The first-order chi connectivity index (χ1) is 14.0. The van der Waals surface area contributed by atoms with Gasteiger partial charge >= 0.3 is 6.03 Å². The van der Waals surface area contributed by atoms with Crippen LogP contribution in [0.1, 0.15) is 29.7 Å². The van der Waals surface area contributed by atoms with Crippen molar-refractivity contribution in [2.24, 2.45) is 0 Å². The SMILES string of the molecule is CC(NC(=O)Nc1cc(N)c(C(=N)NCc2cccnc2)cn1)c1ccccc1. The first-order valence-electron chi connectivity index (χ1n) is 9.12. The molecule has 29 heavy (non-hydrogen) atoms. The summed E-state index contributed by atoms with van der Waals surface area (Å²) in [7, 11) is 0. The summed E-state index contributed by atoms with van der Waals surface area (Å²) in [4.78, 5) is 20.5. The number of pyridine rings is 2. The van der Waals surface area contributed by atoms with Crippen molar-refractivity contribution in [1.29, 1.82) is 5.41 Å². The normalized spacial score (nSPS) is 11.3. The molecule has 0 saturated heterocycles. The number of hydrogen-bond acceptors (Lipinski definition) is 5. The molecule has 8 heteroatoms. The summed E-state index contributed by atoms with van der Waals surface area (Å²) in [6, 6.07) is 14.4. The molecule has 3 aromatic rings. The van der Waals surface area contributed by atoms with Gasteiger partial charge in [-0.1, -0.05) is 36.4 Å². The third-order valence-electron chi connectivity index (χ3n) is 4.29. The number of rotatable bonds is 6. The quantitative estimate of drug-likeness (QED) is 0.327. The second kappa shape index (κ2) is 9.32. The molecule has 3 rings (SSSR count).